The lowest BCUT2D eigenvalue weighted by molar-refractivity contribution is 0.0529. The van der Waals surface area contributed by atoms with Crippen LogP contribution in [0.1, 0.15) is 45.3 Å². The summed E-state index contributed by atoms with van der Waals surface area (Å²) in [6.07, 6.45) is 0.218. The van der Waals surface area contributed by atoms with Crippen LogP contribution >= 0.6 is 0 Å². The first-order valence-electron chi connectivity index (χ1n) is 7.83. The number of alkyl carbamates (subject to hydrolysis) is 1. The van der Waals surface area contributed by atoms with Crippen LogP contribution in [0.15, 0.2) is 29.2 Å². The summed E-state index contributed by atoms with van der Waals surface area (Å²) >= 11 is 0. The van der Waals surface area contributed by atoms with Crippen molar-refractivity contribution in [3.8, 4) is 0 Å². The molecule has 0 saturated heterocycles. The molecule has 24 heavy (non-hydrogen) atoms. The topological polar surface area (TPSA) is 105 Å². The molecule has 1 aromatic carbocycles. The van der Waals surface area contributed by atoms with Crippen LogP contribution in [0.25, 0.3) is 0 Å². The molecule has 2 rings (SSSR count). The van der Waals surface area contributed by atoms with Gasteiger partial charge in [-0.1, -0.05) is 12.1 Å². The minimum Gasteiger partial charge on any atom is -0.439 e. The van der Waals surface area contributed by atoms with Crippen LogP contribution in [0.5, 0.6) is 0 Å². The van der Waals surface area contributed by atoms with Gasteiger partial charge in [0.05, 0.1) is 11.5 Å². The average molecular weight is 356 g/mol. The number of rotatable bonds is 6. The van der Waals surface area contributed by atoms with Gasteiger partial charge in [0.15, 0.2) is 6.10 Å². The fourth-order valence-corrected chi connectivity index (χ4v) is 3.33. The van der Waals surface area contributed by atoms with Gasteiger partial charge in [-0.15, -0.1) is 0 Å². The van der Waals surface area contributed by atoms with E-state index in [9.17, 15) is 18.3 Å². The Kier molecular flexibility index (Phi) is 5.52. The zero-order chi connectivity index (χ0) is 18.0. The maximum absolute atomic E-state index is 12.1. The molecule has 0 unspecified atom stereocenters. The highest BCUT2D eigenvalue weighted by Gasteiger charge is 2.28. The van der Waals surface area contributed by atoms with Crippen molar-refractivity contribution in [2.45, 2.75) is 56.2 Å². The number of aliphatic hydroxyl groups is 1. The van der Waals surface area contributed by atoms with E-state index in [1.165, 1.54) is 24.3 Å². The van der Waals surface area contributed by atoms with Crippen molar-refractivity contribution in [2.75, 3.05) is 6.61 Å². The van der Waals surface area contributed by atoms with E-state index in [4.69, 9.17) is 4.74 Å². The first kappa shape index (κ1) is 18.7. The van der Waals surface area contributed by atoms with Gasteiger partial charge in [-0.2, -0.15) is 0 Å². The maximum Gasteiger partial charge on any atom is 0.408 e. The maximum atomic E-state index is 12.1. The van der Waals surface area contributed by atoms with Gasteiger partial charge in [0, 0.05) is 11.6 Å². The van der Waals surface area contributed by atoms with Gasteiger partial charge in [-0.05, 0) is 51.3 Å². The largest absolute Gasteiger partial charge is 0.439 e. The predicted octanol–water partition coefficient (Wildman–Crippen LogP) is 1.69. The average Bonchev–Trinajstić information content (AvgIpc) is 3.26. The van der Waals surface area contributed by atoms with E-state index in [0.717, 1.165) is 12.8 Å². The van der Waals surface area contributed by atoms with Gasteiger partial charge in [-0.25, -0.2) is 17.9 Å². The fourth-order valence-electron chi connectivity index (χ4n) is 2.03. The summed E-state index contributed by atoms with van der Waals surface area (Å²) in [5.41, 5.74) is 0.0655. The van der Waals surface area contributed by atoms with E-state index in [0.29, 0.717) is 5.56 Å². The van der Waals surface area contributed by atoms with E-state index in [2.05, 4.69) is 10.0 Å². The van der Waals surface area contributed by atoms with Crippen LogP contribution in [-0.2, 0) is 14.8 Å². The van der Waals surface area contributed by atoms with E-state index in [1.807, 2.05) is 20.8 Å². The van der Waals surface area contributed by atoms with Crippen LogP contribution in [0.2, 0.25) is 0 Å². The Bertz CT molecular complexity index is 675. The molecule has 1 saturated carbocycles. The number of ether oxygens (including phenoxy) is 1. The lowest BCUT2D eigenvalue weighted by Crippen LogP contribution is -2.41. The summed E-state index contributed by atoms with van der Waals surface area (Å²) in [6, 6.07) is 5.98. The summed E-state index contributed by atoms with van der Waals surface area (Å²) < 4.78 is 32.0. The Labute approximate surface area is 142 Å². The molecule has 0 heterocycles. The van der Waals surface area contributed by atoms with Gasteiger partial charge in [-0.3, -0.25) is 0 Å². The number of benzene rings is 1. The Morgan fingerprint density at radius 3 is 2.33 bits per heavy atom. The van der Waals surface area contributed by atoms with Crippen LogP contribution in [-0.4, -0.2) is 37.8 Å². The van der Waals surface area contributed by atoms with Crippen LogP contribution < -0.4 is 10.0 Å². The number of hydrogen-bond acceptors (Lipinski definition) is 5. The van der Waals surface area contributed by atoms with Gasteiger partial charge in [0.2, 0.25) is 10.0 Å². The number of hydrogen-bond donors (Lipinski definition) is 3. The highest BCUT2D eigenvalue weighted by atomic mass is 32.2. The Balaban J connectivity index is 2.05. The van der Waals surface area contributed by atoms with Crippen molar-refractivity contribution < 1.29 is 23.1 Å². The molecule has 1 aromatic rings. The Morgan fingerprint density at radius 1 is 1.29 bits per heavy atom. The molecule has 1 fully saturated rings. The molecule has 0 aromatic heterocycles. The second kappa shape index (κ2) is 7.08. The molecule has 1 atom stereocenters. The molecule has 1 aliphatic rings. The lowest BCUT2D eigenvalue weighted by atomic mass is 10.1. The van der Waals surface area contributed by atoms with Gasteiger partial charge in [0.25, 0.3) is 0 Å². The number of nitrogens with one attached hydrogen (secondary N) is 2. The minimum atomic E-state index is -3.53. The summed E-state index contributed by atoms with van der Waals surface area (Å²) in [5.74, 6) is 0. The van der Waals surface area contributed by atoms with Crippen LogP contribution in [0.4, 0.5) is 4.79 Å². The summed E-state index contributed by atoms with van der Waals surface area (Å²) in [5, 5.41) is 12.1. The lowest BCUT2D eigenvalue weighted by Gasteiger charge is -2.23. The van der Waals surface area contributed by atoms with Crippen molar-refractivity contribution in [1.29, 1.82) is 0 Å². The van der Waals surface area contributed by atoms with Gasteiger partial charge in [0.1, 0.15) is 0 Å². The summed E-state index contributed by atoms with van der Waals surface area (Å²) in [6.45, 7) is 5.04. The minimum absolute atomic E-state index is 0.0318. The second-order valence-corrected chi connectivity index (χ2v) is 8.63. The van der Waals surface area contributed by atoms with Crippen molar-refractivity contribution in [2.24, 2.45) is 0 Å². The number of carbonyl (C=O) groups excluding carboxylic acids is 1. The SMILES string of the molecule is CC(C)(C)NC(=O)O[C@@H](CO)c1ccc(S(=O)(=O)NC2CC2)cc1. The fraction of sp³-hybridized carbons (Fsp3) is 0.562. The molecule has 1 amide bonds. The van der Waals surface area contributed by atoms with Crippen molar-refractivity contribution in [1.82, 2.24) is 10.0 Å². The normalized spacial score (nSPS) is 16.5. The molecule has 134 valence electrons. The van der Waals surface area contributed by atoms with Crippen molar-refractivity contribution >= 4 is 16.1 Å². The number of sulfonamides is 1. The van der Waals surface area contributed by atoms with E-state index in [1.54, 1.807) is 0 Å². The predicted molar refractivity (Wildman–Crippen MR) is 89.0 cm³/mol. The second-order valence-electron chi connectivity index (χ2n) is 6.92. The van der Waals surface area contributed by atoms with Gasteiger partial charge >= 0.3 is 6.09 Å². The molecule has 1 aliphatic carbocycles. The molecule has 0 radical (unpaired) electrons. The van der Waals surface area contributed by atoms with Crippen LogP contribution in [0.3, 0.4) is 0 Å². The quantitative estimate of drug-likeness (QED) is 0.719. The summed E-state index contributed by atoms with van der Waals surface area (Å²) in [7, 11) is -3.53. The molecule has 8 heteroatoms. The number of carbonyl (C=O) groups is 1. The first-order valence-corrected chi connectivity index (χ1v) is 9.31. The van der Waals surface area contributed by atoms with E-state index < -0.39 is 34.4 Å². The third kappa shape index (κ3) is 5.47. The molecule has 3 N–H and O–H groups in total. The van der Waals surface area contributed by atoms with Crippen molar-refractivity contribution in [3.05, 3.63) is 29.8 Å². The zero-order valence-electron chi connectivity index (χ0n) is 14.1. The molecule has 0 aliphatic heterocycles. The third-order valence-corrected chi connectivity index (χ3v) is 4.89. The molecule has 0 bridgehead atoms. The van der Waals surface area contributed by atoms with E-state index in [-0.39, 0.29) is 10.9 Å². The summed E-state index contributed by atoms with van der Waals surface area (Å²) in [4.78, 5) is 12.0. The smallest absolute Gasteiger partial charge is 0.408 e. The molecular formula is C16H24N2O5S. The zero-order valence-corrected chi connectivity index (χ0v) is 14.9. The highest BCUT2D eigenvalue weighted by Crippen LogP contribution is 2.24. The number of amides is 1. The first-order chi connectivity index (χ1) is 11.1. The third-order valence-electron chi connectivity index (χ3n) is 3.35. The number of aliphatic hydroxyl groups excluding tert-OH is 1. The highest BCUT2D eigenvalue weighted by molar-refractivity contribution is 7.89. The standard InChI is InChI=1S/C16H24N2O5S/c1-16(2,3)17-15(20)23-14(10-19)11-4-8-13(9-5-11)24(21,22)18-12-6-7-12/h4-5,8-9,12,14,18-19H,6-7,10H2,1-3H3,(H,17,20)/t14-/m0/s1. The van der Waals surface area contributed by atoms with Crippen LogP contribution in [0, 0.1) is 0 Å². The molecule has 7 nitrogen and oxygen atoms in total. The Hall–Kier alpha value is -1.64. The van der Waals surface area contributed by atoms with Gasteiger partial charge < -0.3 is 15.2 Å². The van der Waals surface area contributed by atoms with Crippen molar-refractivity contribution in [3.63, 3.8) is 0 Å². The monoisotopic (exact) mass is 356 g/mol. The van der Waals surface area contributed by atoms with E-state index >= 15 is 0 Å². The molecular weight excluding hydrogens is 332 g/mol. The molecule has 0 spiro atoms. The Morgan fingerprint density at radius 2 is 1.88 bits per heavy atom.